The summed E-state index contributed by atoms with van der Waals surface area (Å²) in [6.07, 6.45) is -4.58. The highest BCUT2D eigenvalue weighted by Gasteiger charge is 2.33. The van der Waals surface area contributed by atoms with Gasteiger partial charge in [0.1, 0.15) is 17.3 Å². The average Bonchev–Trinajstić information content (AvgIpc) is 2.52. The van der Waals surface area contributed by atoms with E-state index in [1.165, 1.54) is 14.2 Å². The highest BCUT2D eigenvalue weighted by atomic mass is 19.4. The Kier molecular flexibility index (Phi) is 5.55. The largest absolute Gasteiger partial charge is 0.497 e. The van der Waals surface area contributed by atoms with Crippen LogP contribution in [0, 0.1) is 0 Å². The number of nitrogens with zero attached hydrogens (tertiary/aromatic N) is 2. The van der Waals surface area contributed by atoms with E-state index in [1.807, 2.05) is 0 Å². The summed E-state index contributed by atoms with van der Waals surface area (Å²) in [6, 6.07) is 5.62. The number of halogens is 3. The molecule has 0 saturated carbocycles. The Hall–Kier alpha value is -2.71. The lowest BCUT2D eigenvalue weighted by molar-refractivity contribution is -0.141. The van der Waals surface area contributed by atoms with Gasteiger partial charge in [0.2, 0.25) is 5.95 Å². The number of anilines is 3. The van der Waals surface area contributed by atoms with Crippen LogP contribution in [0.5, 0.6) is 11.5 Å². The molecule has 1 heterocycles. The van der Waals surface area contributed by atoms with Crippen LogP contribution < -0.4 is 20.1 Å². The van der Waals surface area contributed by atoms with Crippen LogP contribution in [0.1, 0.15) is 19.5 Å². The molecular weight excluding hydrogens is 337 g/mol. The van der Waals surface area contributed by atoms with Gasteiger partial charge in [-0.15, -0.1) is 0 Å². The summed E-state index contributed by atoms with van der Waals surface area (Å²) >= 11 is 0. The minimum Gasteiger partial charge on any atom is -0.497 e. The number of methoxy groups -OCH3 is 2. The zero-order valence-corrected chi connectivity index (χ0v) is 14.2. The number of hydrogen-bond donors (Lipinski definition) is 2. The van der Waals surface area contributed by atoms with Gasteiger partial charge in [-0.3, -0.25) is 0 Å². The molecule has 0 bridgehead atoms. The van der Waals surface area contributed by atoms with Gasteiger partial charge in [-0.05, 0) is 13.8 Å². The number of hydrogen-bond acceptors (Lipinski definition) is 6. The monoisotopic (exact) mass is 356 g/mol. The fourth-order valence-electron chi connectivity index (χ4n) is 2.01. The van der Waals surface area contributed by atoms with Crippen LogP contribution in [0.2, 0.25) is 0 Å². The molecule has 25 heavy (non-hydrogen) atoms. The third-order valence-electron chi connectivity index (χ3n) is 3.06. The molecule has 2 aromatic rings. The Morgan fingerprint density at radius 3 is 2.04 bits per heavy atom. The standard InChI is InChI=1S/C16H19F3N4O2/c1-9(2)20-15-22-13(16(17,18)19)8-14(23-15)21-10-5-11(24-3)7-12(6-10)25-4/h5-9H,1-4H3,(H2,20,21,22,23). The minimum absolute atomic E-state index is 0.000723. The molecule has 6 nitrogen and oxygen atoms in total. The molecule has 0 atom stereocenters. The number of ether oxygens (including phenoxy) is 2. The maximum absolute atomic E-state index is 13.1. The van der Waals surface area contributed by atoms with E-state index >= 15 is 0 Å². The number of aromatic nitrogens is 2. The van der Waals surface area contributed by atoms with Gasteiger partial charge >= 0.3 is 6.18 Å². The molecule has 2 rings (SSSR count). The fourth-order valence-corrected chi connectivity index (χ4v) is 2.01. The van der Waals surface area contributed by atoms with E-state index in [2.05, 4.69) is 20.6 Å². The molecular formula is C16H19F3N4O2. The van der Waals surface area contributed by atoms with E-state index < -0.39 is 11.9 Å². The van der Waals surface area contributed by atoms with Gasteiger partial charge < -0.3 is 20.1 Å². The molecule has 0 spiro atoms. The summed E-state index contributed by atoms with van der Waals surface area (Å²) in [5.41, 5.74) is -0.568. The van der Waals surface area contributed by atoms with Gasteiger partial charge in [0.05, 0.1) is 14.2 Å². The summed E-state index contributed by atoms with van der Waals surface area (Å²) in [5.74, 6) is 0.878. The number of rotatable bonds is 6. The lowest BCUT2D eigenvalue weighted by Crippen LogP contribution is -2.17. The van der Waals surface area contributed by atoms with Crippen LogP contribution >= 0.6 is 0 Å². The van der Waals surface area contributed by atoms with Crippen LogP contribution in [0.4, 0.5) is 30.6 Å². The summed E-state index contributed by atoms with van der Waals surface area (Å²) in [5, 5.41) is 5.61. The van der Waals surface area contributed by atoms with Crippen molar-refractivity contribution in [3.05, 3.63) is 30.0 Å². The normalized spacial score (nSPS) is 11.4. The Morgan fingerprint density at radius 1 is 0.960 bits per heavy atom. The Bertz CT molecular complexity index is 714. The van der Waals surface area contributed by atoms with Crippen molar-refractivity contribution >= 4 is 17.5 Å². The van der Waals surface area contributed by atoms with Crippen molar-refractivity contribution in [1.82, 2.24) is 9.97 Å². The topological polar surface area (TPSA) is 68.3 Å². The van der Waals surface area contributed by atoms with E-state index in [4.69, 9.17) is 9.47 Å². The van der Waals surface area contributed by atoms with Crippen LogP contribution in [0.15, 0.2) is 24.3 Å². The van der Waals surface area contributed by atoms with Gasteiger partial charge in [-0.2, -0.15) is 18.2 Å². The fraction of sp³-hybridized carbons (Fsp3) is 0.375. The van der Waals surface area contributed by atoms with E-state index in [0.717, 1.165) is 6.07 Å². The van der Waals surface area contributed by atoms with Crippen molar-refractivity contribution in [2.45, 2.75) is 26.1 Å². The molecule has 1 aromatic heterocycles. The first-order valence-electron chi connectivity index (χ1n) is 7.44. The second-order valence-electron chi connectivity index (χ2n) is 5.49. The Balaban J connectivity index is 2.41. The molecule has 0 amide bonds. The Labute approximate surface area is 143 Å². The molecule has 0 aliphatic heterocycles. The first-order chi connectivity index (χ1) is 11.7. The zero-order valence-electron chi connectivity index (χ0n) is 14.2. The molecule has 9 heteroatoms. The maximum Gasteiger partial charge on any atom is 0.433 e. The molecule has 0 fully saturated rings. The molecule has 0 unspecified atom stereocenters. The van der Waals surface area contributed by atoms with Gasteiger partial charge in [-0.1, -0.05) is 0 Å². The van der Waals surface area contributed by atoms with Crippen molar-refractivity contribution in [2.24, 2.45) is 0 Å². The highest BCUT2D eigenvalue weighted by Crippen LogP contribution is 2.32. The second-order valence-corrected chi connectivity index (χ2v) is 5.49. The molecule has 0 radical (unpaired) electrons. The predicted molar refractivity (Wildman–Crippen MR) is 88.6 cm³/mol. The van der Waals surface area contributed by atoms with Gasteiger partial charge in [0.25, 0.3) is 0 Å². The van der Waals surface area contributed by atoms with Crippen molar-refractivity contribution in [2.75, 3.05) is 24.9 Å². The third kappa shape index (κ3) is 5.13. The van der Waals surface area contributed by atoms with Crippen molar-refractivity contribution in [1.29, 1.82) is 0 Å². The smallest absolute Gasteiger partial charge is 0.433 e. The van der Waals surface area contributed by atoms with Crippen LogP contribution in [0.3, 0.4) is 0 Å². The van der Waals surface area contributed by atoms with Crippen molar-refractivity contribution in [3.63, 3.8) is 0 Å². The van der Waals surface area contributed by atoms with E-state index in [9.17, 15) is 13.2 Å². The van der Waals surface area contributed by atoms with Crippen LogP contribution in [-0.2, 0) is 6.18 Å². The maximum atomic E-state index is 13.1. The second kappa shape index (κ2) is 7.45. The predicted octanol–water partition coefficient (Wildman–Crippen LogP) is 4.08. The molecule has 1 aromatic carbocycles. The first kappa shape index (κ1) is 18.6. The summed E-state index contributed by atoms with van der Waals surface area (Å²) in [7, 11) is 2.96. The molecule has 0 aliphatic carbocycles. The lowest BCUT2D eigenvalue weighted by atomic mass is 10.2. The number of alkyl halides is 3. The number of benzene rings is 1. The molecule has 2 N–H and O–H groups in total. The average molecular weight is 356 g/mol. The molecule has 0 aliphatic rings. The summed E-state index contributed by atoms with van der Waals surface area (Å²) in [6.45, 7) is 3.56. The van der Waals surface area contributed by atoms with Crippen molar-refractivity contribution < 1.29 is 22.6 Å². The minimum atomic E-state index is -4.58. The van der Waals surface area contributed by atoms with E-state index in [0.29, 0.717) is 17.2 Å². The Morgan fingerprint density at radius 2 is 1.56 bits per heavy atom. The van der Waals surface area contributed by atoms with Gasteiger partial charge in [0.15, 0.2) is 5.69 Å². The zero-order chi connectivity index (χ0) is 18.6. The SMILES string of the molecule is COc1cc(Nc2cc(C(F)(F)F)nc(NC(C)C)n2)cc(OC)c1. The van der Waals surface area contributed by atoms with Crippen molar-refractivity contribution in [3.8, 4) is 11.5 Å². The van der Waals surface area contributed by atoms with Gasteiger partial charge in [-0.25, -0.2) is 4.98 Å². The third-order valence-corrected chi connectivity index (χ3v) is 3.06. The summed E-state index contributed by atoms with van der Waals surface area (Å²) in [4.78, 5) is 7.60. The van der Waals surface area contributed by atoms with Crippen LogP contribution in [0.25, 0.3) is 0 Å². The summed E-state index contributed by atoms with van der Waals surface area (Å²) < 4.78 is 49.5. The molecule has 0 saturated heterocycles. The molecule has 136 valence electrons. The van der Waals surface area contributed by atoms with E-state index in [-0.39, 0.29) is 17.8 Å². The van der Waals surface area contributed by atoms with Crippen LogP contribution in [-0.4, -0.2) is 30.2 Å². The quantitative estimate of drug-likeness (QED) is 0.813. The highest BCUT2D eigenvalue weighted by molar-refractivity contribution is 5.62. The van der Waals surface area contributed by atoms with Gasteiger partial charge in [0, 0.05) is 36.0 Å². The van der Waals surface area contributed by atoms with E-state index in [1.54, 1.807) is 32.0 Å². The first-order valence-corrected chi connectivity index (χ1v) is 7.44. The number of nitrogens with one attached hydrogen (secondary N) is 2. The lowest BCUT2D eigenvalue weighted by Gasteiger charge is -2.15.